The lowest BCUT2D eigenvalue weighted by Crippen LogP contribution is -2.49. The van der Waals surface area contributed by atoms with E-state index in [1.54, 1.807) is 54.6 Å². The van der Waals surface area contributed by atoms with Gasteiger partial charge in [0.15, 0.2) is 0 Å². The fraction of sp³-hybridized carbons (Fsp3) is 0.333. The smallest absolute Gasteiger partial charge is 0.305 e. The zero-order valence-corrected chi connectivity index (χ0v) is 23.5. The van der Waals surface area contributed by atoms with Crippen molar-refractivity contribution in [2.45, 2.75) is 25.3 Å². The number of hydrogen-bond acceptors (Lipinski definition) is 7. The average Bonchev–Trinajstić information content (AvgIpc) is 3.69. The van der Waals surface area contributed by atoms with Gasteiger partial charge >= 0.3 is 5.97 Å². The topological polar surface area (TPSA) is 128 Å². The number of hydrogen-bond donors (Lipinski definition) is 3. The number of ether oxygens (including phenoxy) is 1. The summed E-state index contributed by atoms with van der Waals surface area (Å²) >= 11 is 1.37. The molecule has 214 valence electrons. The van der Waals surface area contributed by atoms with Gasteiger partial charge in [-0.25, -0.2) is 0 Å². The largest absolute Gasteiger partial charge is 0.497 e. The van der Waals surface area contributed by atoms with Gasteiger partial charge in [-0.15, -0.1) is 11.3 Å². The first kappa shape index (κ1) is 28.2. The van der Waals surface area contributed by atoms with E-state index in [4.69, 9.17) is 4.74 Å². The SMILES string of the molecule is COc1cccc(C(=O)Nc2cc(C(=O)NC(CC(=O)O)c3cccs3)ccc2N2CCN(C(=O)C3CC3)CC2)c1. The lowest BCUT2D eigenvalue weighted by atomic mass is 10.1. The summed E-state index contributed by atoms with van der Waals surface area (Å²) in [5, 5.41) is 17.0. The Morgan fingerprint density at radius 1 is 0.976 bits per heavy atom. The normalized spacial score (nSPS) is 15.6. The zero-order valence-electron chi connectivity index (χ0n) is 22.7. The number of carboxylic acid groups (broad SMARTS) is 1. The van der Waals surface area contributed by atoms with Gasteiger partial charge in [-0.3, -0.25) is 19.2 Å². The van der Waals surface area contributed by atoms with Crippen LogP contribution in [0.3, 0.4) is 0 Å². The van der Waals surface area contributed by atoms with Gasteiger partial charge in [-0.2, -0.15) is 0 Å². The highest BCUT2D eigenvalue weighted by Gasteiger charge is 2.35. The van der Waals surface area contributed by atoms with Gasteiger partial charge in [0.25, 0.3) is 11.8 Å². The van der Waals surface area contributed by atoms with E-state index >= 15 is 0 Å². The van der Waals surface area contributed by atoms with Crippen molar-refractivity contribution in [2.24, 2.45) is 5.92 Å². The van der Waals surface area contributed by atoms with Crippen LogP contribution in [0.4, 0.5) is 11.4 Å². The standard InChI is InChI=1S/C30H32N4O6S/c1-40-22-5-2-4-20(16-22)28(37)31-23-17-21(29(38)32-24(18-27(35)36)26-6-3-15-41-26)9-10-25(23)33-11-13-34(14-12-33)30(39)19-7-8-19/h2-6,9-10,15-17,19,24H,7-8,11-14,18H2,1H3,(H,31,37)(H,32,38)(H,35,36). The second kappa shape index (κ2) is 12.4. The Labute approximate surface area is 241 Å². The predicted molar refractivity (Wildman–Crippen MR) is 156 cm³/mol. The monoisotopic (exact) mass is 576 g/mol. The summed E-state index contributed by atoms with van der Waals surface area (Å²) < 4.78 is 5.26. The molecule has 0 spiro atoms. The van der Waals surface area contributed by atoms with Crippen molar-refractivity contribution < 1.29 is 29.0 Å². The summed E-state index contributed by atoms with van der Waals surface area (Å²) in [6.07, 6.45) is 1.67. The minimum Gasteiger partial charge on any atom is -0.497 e. The first-order chi connectivity index (χ1) is 19.8. The third-order valence-corrected chi connectivity index (χ3v) is 8.25. The number of methoxy groups -OCH3 is 1. The third kappa shape index (κ3) is 6.86. The zero-order chi connectivity index (χ0) is 28.9. The molecule has 1 unspecified atom stereocenters. The van der Waals surface area contributed by atoms with E-state index in [2.05, 4.69) is 15.5 Å². The Morgan fingerprint density at radius 3 is 2.39 bits per heavy atom. The molecule has 2 fully saturated rings. The third-order valence-electron chi connectivity index (χ3n) is 7.27. The van der Waals surface area contributed by atoms with Gasteiger partial charge in [0.2, 0.25) is 5.91 Å². The molecule has 1 saturated heterocycles. The number of thiophene rings is 1. The molecule has 1 saturated carbocycles. The molecule has 11 heteroatoms. The van der Waals surface area contributed by atoms with Crippen molar-refractivity contribution in [2.75, 3.05) is 43.5 Å². The van der Waals surface area contributed by atoms with Crippen LogP contribution in [-0.4, -0.2) is 67.0 Å². The number of nitrogens with one attached hydrogen (secondary N) is 2. The first-order valence-corrected chi connectivity index (χ1v) is 14.4. The molecule has 1 atom stereocenters. The molecule has 1 aromatic heterocycles. The first-order valence-electron chi connectivity index (χ1n) is 13.5. The number of piperazine rings is 1. The van der Waals surface area contributed by atoms with Crippen molar-refractivity contribution in [1.29, 1.82) is 0 Å². The fourth-order valence-corrected chi connectivity index (χ4v) is 5.67. The predicted octanol–water partition coefficient (Wildman–Crippen LogP) is 4.01. The Morgan fingerprint density at radius 2 is 1.73 bits per heavy atom. The highest BCUT2D eigenvalue weighted by molar-refractivity contribution is 7.10. The van der Waals surface area contributed by atoms with Gasteiger partial charge in [0.1, 0.15) is 5.75 Å². The Kier molecular flexibility index (Phi) is 8.53. The molecular weight excluding hydrogens is 544 g/mol. The Bertz CT molecular complexity index is 1430. The molecule has 2 heterocycles. The molecule has 1 aliphatic carbocycles. The molecule has 0 radical (unpaired) electrons. The summed E-state index contributed by atoms with van der Waals surface area (Å²) in [7, 11) is 1.53. The molecule has 3 amide bonds. The van der Waals surface area contributed by atoms with E-state index in [0.717, 1.165) is 23.4 Å². The van der Waals surface area contributed by atoms with Gasteiger partial charge in [0.05, 0.1) is 30.9 Å². The van der Waals surface area contributed by atoms with E-state index in [1.165, 1.54) is 18.4 Å². The summed E-state index contributed by atoms with van der Waals surface area (Å²) in [4.78, 5) is 55.3. The molecule has 3 aromatic rings. The maximum atomic E-state index is 13.3. The lowest BCUT2D eigenvalue weighted by Gasteiger charge is -2.37. The van der Waals surface area contributed by atoms with Crippen LogP contribution in [0, 0.1) is 5.92 Å². The van der Waals surface area contributed by atoms with Crippen molar-refractivity contribution in [1.82, 2.24) is 10.2 Å². The molecule has 1 aliphatic heterocycles. The summed E-state index contributed by atoms with van der Waals surface area (Å²) in [5.74, 6) is -0.924. The number of amides is 3. The van der Waals surface area contributed by atoms with Gasteiger partial charge in [-0.05, 0) is 60.7 Å². The molecule has 5 rings (SSSR count). The van der Waals surface area contributed by atoms with Gasteiger partial charge < -0.3 is 30.3 Å². The number of nitrogens with zero attached hydrogens (tertiary/aromatic N) is 2. The molecule has 41 heavy (non-hydrogen) atoms. The van der Waals surface area contributed by atoms with Crippen molar-refractivity contribution in [3.63, 3.8) is 0 Å². The van der Waals surface area contributed by atoms with Crippen LogP contribution >= 0.6 is 11.3 Å². The molecule has 2 aliphatic rings. The lowest BCUT2D eigenvalue weighted by molar-refractivity contribution is -0.137. The van der Waals surface area contributed by atoms with Crippen molar-refractivity contribution >= 4 is 46.4 Å². The minimum atomic E-state index is -1.02. The van der Waals surface area contributed by atoms with Gasteiger partial charge in [0, 0.05) is 48.1 Å². The average molecular weight is 577 g/mol. The second-order valence-corrected chi connectivity index (χ2v) is 11.1. The van der Waals surface area contributed by atoms with Crippen molar-refractivity contribution in [3.05, 3.63) is 76.0 Å². The van der Waals surface area contributed by atoms with E-state index in [9.17, 15) is 24.3 Å². The molecule has 0 bridgehead atoms. The fourth-order valence-electron chi connectivity index (χ4n) is 4.90. The van der Waals surface area contributed by atoms with E-state index in [1.807, 2.05) is 10.3 Å². The van der Waals surface area contributed by atoms with Crippen LogP contribution < -0.4 is 20.3 Å². The number of rotatable bonds is 10. The molecule has 3 N–H and O–H groups in total. The number of benzene rings is 2. The molecular formula is C30H32N4O6S. The summed E-state index contributed by atoms with van der Waals surface area (Å²) in [6.45, 7) is 2.34. The highest BCUT2D eigenvalue weighted by atomic mass is 32.1. The highest BCUT2D eigenvalue weighted by Crippen LogP contribution is 2.33. The number of anilines is 2. The van der Waals surface area contributed by atoms with E-state index in [0.29, 0.717) is 43.2 Å². The maximum absolute atomic E-state index is 13.3. The maximum Gasteiger partial charge on any atom is 0.305 e. The Hall–Kier alpha value is -4.38. The Balaban J connectivity index is 1.39. The van der Waals surface area contributed by atoms with Crippen LogP contribution in [0.15, 0.2) is 60.0 Å². The van der Waals surface area contributed by atoms with Crippen LogP contribution in [0.2, 0.25) is 0 Å². The molecule has 2 aromatic carbocycles. The van der Waals surface area contributed by atoms with Crippen molar-refractivity contribution in [3.8, 4) is 5.75 Å². The van der Waals surface area contributed by atoms with E-state index in [-0.39, 0.29) is 29.7 Å². The number of carbonyl (C=O) groups excluding carboxylic acids is 3. The van der Waals surface area contributed by atoms with Crippen LogP contribution in [-0.2, 0) is 9.59 Å². The summed E-state index contributed by atoms with van der Waals surface area (Å²) in [5.41, 5.74) is 1.85. The number of carbonyl (C=O) groups is 4. The molecule has 10 nitrogen and oxygen atoms in total. The van der Waals surface area contributed by atoms with E-state index < -0.39 is 17.9 Å². The quantitative estimate of drug-likeness (QED) is 0.333. The van der Waals surface area contributed by atoms with Crippen LogP contribution in [0.25, 0.3) is 0 Å². The van der Waals surface area contributed by atoms with Crippen LogP contribution in [0.1, 0.15) is 50.9 Å². The van der Waals surface area contributed by atoms with Crippen LogP contribution in [0.5, 0.6) is 5.75 Å². The number of aliphatic carboxylic acids is 1. The minimum absolute atomic E-state index is 0.163. The summed E-state index contributed by atoms with van der Waals surface area (Å²) in [6, 6.07) is 14.7. The van der Waals surface area contributed by atoms with Gasteiger partial charge in [-0.1, -0.05) is 12.1 Å². The second-order valence-electron chi connectivity index (χ2n) is 10.1. The number of carboxylic acids is 1.